The summed E-state index contributed by atoms with van der Waals surface area (Å²) in [5.41, 5.74) is 0.352. The van der Waals surface area contributed by atoms with Gasteiger partial charge in [0.2, 0.25) is 0 Å². The maximum Gasteiger partial charge on any atom is 0.337 e. The van der Waals surface area contributed by atoms with Gasteiger partial charge in [0.25, 0.3) is 0 Å². The van der Waals surface area contributed by atoms with Crippen LogP contribution in [0.2, 0.25) is 5.02 Å². The molecule has 6 heteroatoms. The number of amides is 2. The Hall–Kier alpha value is -1.75. The van der Waals surface area contributed by atoms with E-state index in [0.29, 0.717) is 18.2 Å². The first kappa shape index (κ1) is 15.3. The van der Waals surface area contributed by atoms with Crippen molar-refractivity contribution in [2.24, 2.45) is 5.92 Å². The Labute approximate surface area is 117 Å². The topological polar surface area (TPSA) is 78.4 Å². The van der Waals surface area contributed by atoms with Crippen molar-refractivity contribution < 1.29 is 14.7 Å². The Morgan fingerprint density at radius 3 is 2.68 bits per heavy atom. The van der Waals surface area contributed by atoms with Gasteiger partial charge in [0.05, 0.1) is 10.6 Å². The van der Waals surface area contributed by atoms with Gasteiger partial charge in [0, 0.05) is 12.2 Å². The van der Waals surface area contributed by atoms with Gasteiger partial charge in [-0.2, -0.15) is 0 Å². The van der Waals surface area contributed by atoms with Gasteiger partial charge in [-0.25, -0.2) is 9.59 Å². The maximum absolute atomic E-state index is 11.6. The normalized spacial score (nSPS) is 11.7. The summed E-state index contributed by atoms with van der Waals surface area (Å²) < 4.78 is 0. The number of anilines is 1. The van der Waals surface area contributed by atoms with Crippen LogP contribution in [0.15, 0.2) is 18.2 Å². The average Bonchev–Trinajstić information content (AvgIpc) is 2.37. The summed E-state index contributed by atoms with van der Waals surface area (Å²) in [7, 11) is 0. The van der Waals surface area contributed by atoms with Crippen molar-refractivity contribution in [2.75, 3.05) is 11.9 Å². The zero-order chi connectivity index (χ0) is 14.4. The van der Waals surface area contributed by atoms with Crippen LogP contribution in [0.3, 0.4) is 0 Å². The van der Waals surface area contributed by atoms with E-state index in [9.17, 15) is 9.59 Å². The third-order valence-corrected chi connectivity index (χ3v) is 3.09. The zero-order valence-electron chi connectivity index (χ0n) is 10.9. The Morgan fingerprint density at radius 2 is 2.11 bits per heavy atom. The number of carbonyl (C=O) groups excluding carboxylic acids is 1. The molecule has 0 aliphatic rings. The smallest absolute Gasteiger partial charge is 0.337 e. The van der Waals surface area contributed by atoms with E-state index < -0.39 is 5.97 Å². The molecule has 0 fully saturated rings. The average molecular weight is 285 g/mol. The molecule has 1 aromatic rings. The Kier molecular flexibility index (Phi) is 5.63. The molecule has 0 aromatic heterocycles. The highest BCUT2D eigenvalue weighted by molar-refractivity contribution is 6.33. The monoisotopic (exact) mass is 284 g/mol. The van der Waals surface area contributed by atoms with Gasteiger partial charge in [-0.1, -0.05) is 31.9 Å². The second kappa shape index (κ2) is 6.99. The molecule has 0 saturated heterocycles. The van der Waals surface area contributed by atoms with E-state index in [1.54, 1.807) is 6.07 Å². The molecular formula is C13H17ClN2O3. The number of rotatable bonds is 5. The Bertz CT molecular complexity index is 477. The van der Waals surface area contributed by atoms with E-state index in [1.165, 1.54) is 12.1 Å². The Balaban J connectivity index is 2.64. The highest BCUT2D eigenvalue weighted by Gasteiger charge is 2.11. The summed E-state index contributed by atoms with van der Waals surface area (Å²) in [6.07, 6.45) is 0.977. The van der Waals surface area contributed by atoms with Crippen LogP contribution in [0.25, 0.3) is 0 Å². The van der Waals surface area contributed by atoms with Crippen LogP contribution >= 0.6 is 11.6 Å². The van der Waals surface area contributed by atoms with Crippen molar-refractivity contribution in [3.63, 3.8) is 0 Å². The number of urea groups is 1. The molecule has 104 valence electrons. The van der Waals surface area contributed by atoms with E-state index in [1.807, 2.05) is 13.8 Å². The lowest BCUT2D eigenvalue weighted by atomic mass is 10.1. The lowest BCUT2D eigenvalue weighted by molar-refractivity contribution is 0.0697. The van der Waals surface area contributed by atoms with Crippen LogP contribution in [0.5, 0.6) is 0 Å². The first-order chi connectivity index (χ1) is 8.93. The molecule has 3 N–H and O–H groups in total. The molecule has 19 heavy (non-hydrogen) atoms. The van der Waals surface area contributed by atoms with Gasteiger partial charge in [-0.15, -0.1) is 0 Å². The first-order valence-electron chi connectivity index (χ1n) is 6.01. The molecule has 0 spiro atoms. The molecular weight excluding hydrogens is 268 g/mol. The molecule has 0 aliphatic carbocycles. The molecule has 1 aromatic carbocycles. The minimum Gasteiger partial charge on any atom is -0.478 e. The van der Waals surface area contributed by atoms with Gasteiger partial charge in [0.15, 0.2) is 0 Å². The van der Waals surface area contributed by atoms with E-state index in [4.69, 9.17) is 16.7 Å². The summed E-state index contributed by atoms with van der Waals surface area (Å²) in [4.78, 5) is 22.5. The van der Waals surface area contributed by atoms with E-state index in [-0.39, 0.29) is 16.6 Å². The fourth-order valence-electron chi connectivity index (χ4n) is 1.35. The highest BCUT2D eigenvalue weighted by atomic mass is 35.5. The summed E-state index contributed by atoms with van der Waals surface area (Å²) in [6, 6.07) is 3.96. The summed E-state index contributed by atoms with van der Waals surface area (Å²) in [5, 5.41) is 14.3. The summed E-state index contributed by atoms with van der Waals surface area (Å²) in [6.45, 7) is 4.65. The predicted molar refractivity (Wildman–Crippen MR) is 74.9 cm³/mol. The first-order valence-corrected chi connectivity index (χ1v) is 6.39. The van der Waals surface area contributed by atoms with Crippen LogP contribution < -0.4 is 10.6 Å². The Morgan fingerprint density at radius 1 is 1.42 bits per heavy atom. The minimum atomic E-state index is -1.13. The molecule has 0 radical (unpaired) electrons. The van der Waals surface area contributed by atoms with E-state index >= 15 is 0 Å². The number of benzene rings is 1. The highest BCUT2D eigenvalue weighted by Crippen LogP contribution is 2.20. The van der Waals surface area contributed by atoms with Crippen LogP contribution in [0.4, 0.5) is 10.5 Å². The van der Waals surface area contributed by atoms with Crippen LogP contribution in [0.1, 0.15) is 30.6 Å². The van der Waals surface area contributed by atoms with Gasteiger partial charge in [-0.05, 0) is 24.1 Å². The van der Waals surface area contributed by atoms with Gasteiger partial charge < -0.3 is 15.7 Å². The van der Waals surface area contributed by atoms with Crippen LogP contribution in [-0.2, 0) is 0 Å². The second-order valence-electron chi connectivity index (χ2n) is 4.35. The fraction of sp³-hybridized carbons (Fsp3) is 0.385. The lowest BCUT2D eigenvalue weighted by Gasteiger charge is -2.11. The van der Waals surface area contributed by atoms with Crippen LogP contribution in [0, 0.1) is 5.92 Å². The number of carboxylic acid groups (broad SMARTS) is 1. The zero-order valence-corrected chi connectivity index (χ0v) is 11.6. The number of carboxylic acids is 1. The number of hydrogen-bond acceptors (Lipinski definition) is 2. The summed E-state index contributed by atoms with van der Waals surface area (Å²) in [5.74, 6) is -0.737. The third-order valence-electron chi connectivity index (χ3n) is 2.76. The van der Waals surface area contributed by atoms with Crippen molar-refractivity contribution in [3.05, 3.63) is 28.8 Å². The van der Waals surface area contributed by atoms with Crippen molar-refractivity contribution in [1.29, 1.82) is 0 Å². The molecule has 2 amide bonds. The number of nitrogens with one attached hydrogen (secondary N) is 2. The quantitative estimate of drug-likeness (QED) is 0.777. The van der Waals surface area contributed by atoms with Crippen molar-refractivity contribution >= 4 is 29.3 Å². The van der Waals surface area contributed by atoms with E-state index in [2.05, 4.69) is 10.6 Å². The van der Waals surface area contributed by atoms with Crippen molar-refractivity contribution in [2.45, 2.75) is 20.3 Å². The lowest BCUT2D eigenvalue weighted by Crippen LogP contribution is -2.32. The molecule has 0 bridgehead atoms. The largest absolute Gasteiger partial charge is 0.478 e. The van der Waals surface area contributed by atoms with Gasteiger partial charge in [0.1, 0.15) is 0 Å². The second-order valence-corrected chi connectivity index (χ2v) is 4.76. The SMILES string of the molecule is CCC(C)CNC(=O)Nc1ccc(Cl)c(C(=O)O)c1. The van der Waals surface area contributed by atoms with E-state index in [0.717, 1.165) is 6.42 Å². The predicted octanol–water partition coefficient (Wildman–Crippen LogP) is 3.21. The van der Waals surface area contributed by atoms with Crippen molar-refractivity contribution in [3.8, 4) is 0 Å². The maximum atomic E-state index is 11.6. The fourth-order valence-corrected chi connectivity index (χ4v) is 1.55. The molecule has 0 saturated carbocycles. The minimum absolute atomic E-state index is 0.0404. The van der Waals surface area contributed by atoms with Crippen molar-refractivity contribution in [1.82, 2.24) is 5.32 Å². The number of hydrogen-bond donors (Lipinski definition) is 3. The molecule has 0 heterocycles. The molecule has 1 atom stereocenters. The van der Waals surface area contributed by atoms with Crippen LogP contribution in [-0.4, -0.2) is 23.7 Å². The van der Waals surface area contributed by atoms with Gasteiger partial charge in [-0.3, -0.25) is 0 Å². The molecule has 5 nitrogen and oxygen atoms in total. The number of carbonyl (C=O) groups is 2. The van der Waals surface area contributed by atoms with Gasteiger partial charge >= 0.3 is 12.0 Å². The molecule has 1 unspecified atom stereocenters. The number of aromatic carboxylic acids is 1. The standard InChI is InChI=1S/C13H17ClN2O3/c1-3-8(2)7-15-13(19)16-9-4-5-11(14)10(6-9)12(17)18/h4-6,8H,3,7H2,1-2H3,(H,17,18)(H2,15,16,19). The summed E-state index contributed by atoms with van der Waals surface area (Å²) >= 11 is 5.74. The number of halogens is 1. The third kappa shape index (κ3) is 4.79. The molecule has 0 aliphatic heterocycles. The molecule has 1 rings (SSSR count).